The topological polar surface area (TPSA) is 106 Å². The normalized spacial score (nSPS) is 12.4. The van der Waals surface area contributed by atoms with Crippen molar-refractivity contribution in [3.8, 4) is 0 Å². The van der Waals surface area contributed by atoms with Gasteiger partial charge in [0, 0.05) is 34.8 Å². The molecule has 7 heteroatoms. The Balaban J connectivity index is 1.87. The van der Waals surface area contributed by atoms with E-state index in [0.29, 0.717) is 12.0 Å². The van der Waals surface area contributed by atoms with Crippen molar-refractivity contribution in [2.75, 3.05) is 0 Å². The molecule has 1 aromatic carbocycles. The average Bonchev–Trinajstić information content (AvgIpc) is 2.77. The van der Waals surface area contributed by atoms with Crippen molar-refractivity contribution in [2.24, 2.45) is 0 Å². The van der Waals surface area contributed by atoms with Gasteiger partial charge in [0.05, 0.1) is 4.92 Å². The molecule has 0 bridgehead atoms. The lowest BCUT2D eigenvalue weighted by atomic mass is 9.77. The predicted octanol–water partition coefficient (Wildman–Crippen LogP) is 6.42. The van der Waals surface area contributed by atoms with Gasteiger partial charge in [-0.25, -0.2) is 4.79 Å². The Morgan fingerprint density at radius 1 is 0.889 bits per heavy atom. The van der Waals surface area contributed by atoms with Gasteiger partial charge in [-0.05, 0) is 65.1 Å². The second-order valence-electron chi connectivity index (χ2n) is 11.7. The van der Waals surface area contributed by atoms with Crippen LogP contribution < -0.4 is 0 Å². The quantitative estimate of drug-likeness (QED) is 0.289. The first-order chi connectivity index (χ1) is 16.6. The second kappa shape index (κ2) is 9.80. The molecule has 1 N–H and O–H groups in total. The number of rotatable bonds is 8. The molecule has 3 rings (SSSR count). The van der Waals surface area contributed by atoms with Gasteiger partial charge in [-0.3, -0.25) is 20.1 Å². The molecule has 2 heterocycles. The summed E-state index contributed by atoms with van der Waals surface area (Å²) in [7, 11) is 0. The standard InChI is InChI=1S/C29H35N3O4/c1-27(2,3)25-10-8-9-21(31-25)17-28(4,5)20-13-14-30-22(15-20)18-29(6,7)19-11-12-24(32(35)36)23(16-19)26(33)34/h8-16H,17-18H2,1-7H3,(H,33,34). The van der Waals surface area contributed by atoms with E-state index in [2.05, 4.69) is 63.9 Å². The molecule has 0 atom stereocenters. The number of benzene rings is 1. The van der Waals surface area contributed by atoms with Crippen LogP contribution in [0.2, 0.25) is 0 Å². The Morgan fingerprint density at radius 3 is 2.08 bits per heavy atom. The van der Waals surface area contributed by atoms with Crippen LogP contribution in [0, 0.1) is 10.1 Å². The molecule has 0 aliphatic carbocycles. The van der Waals surface area contributed by atoms with E-state index < -0.39 is 22.0 Å². The van der Waals surface area contributed by atoms with Gasteiger partial charge >= 0.3 is 5.97 Å². The zero-order valence-corrected chi connectivity index (χ0v) is 22.1. The lowest BCUT2D eigenvalue weighted by molar-refractivity contribution is -0.385. The van der Waals surface area contributed by atoms with Crippen LogP contribution in [-0.2, 0) is 29.1 Å². The number of carboxylic acid groups (broad SMARTS) is 1. The Bertz CT molecular complexity index is 1290. The fourth-order valence-electron chi connectivity index (χ4n) is 4.39. The molecule has 190 valence electrons. The van der Waals surface area contributed by atoms with E-state index in [4.69, 9.17) is 4.98 Å². The molecule has 3 aromatic rings. The molecule has 2 aromatic heterocycles. The molecular formula is C29H35N3O4. The van der Waals surface area contributed by atoms with Gasteiger partial charge in [-0.2, -0.15) is 0 Å². The lowest BCUT2D eigenvalue weighted by Crippen LogP contribution is -2.25. The summed E-state index contributed by atoms with van der Waals surface area (Å²) in [6.07, 6.45) is 3.12. The van der Waals surface area contributed by atoms with E-state index in [0.717, 1.165) is 29.1 Å². The van der Waals surface area contributed by atoms with Crippen molar-refractivity contribution in [1.29, 1.82) is 0 Å². The monoisotopic (exact) mass is 489 g/mol. The van der Waals surface area contributed by atoms with Crippen LogP contribution in [0.25, 0.3) is 0 Å². The Labute approximate surface area is 212 Å². The first kappa shape index (κ1) is 27.0. The third-order valence-electron chi connectivity index (χ3n) is 6.62. The minimum Gasteiger partial charge on any atom is -0.477 e. The van der Waals surface area contributed by atoms with Crippen molar-refractivity contribution in [3.63, 3.8) is 0 Å². The molecule has 0 aliphatic rings. The van der Waals surface area contributed by atoms with Crippen molar-refractivity contribution in [3.05, 3.63) is 98.6 Å². The van der Waals surface area contributed by atoms with E-state index in [1.54, 1.807) is 12.3 Å². The summed E-state index contributed by atoms with van der Waals surface area (Å²) >= 11 is 0. The third-order valence-corrected chi connectivity index (χ3v) is 6.62. The summed E-state index contributed by atoms with van der Waals surface area (Å²) in [5, 5.41) is 20.7. The molecule has 0 radical (unpaired) electrons. The number of aromatic carboxylic acids is 1. The summed E-state index contributed by atoms with van der Waals surface area (Å²) in [5.41, 5.74) is 3.42. The molecule has 0 amide bonds. The zero-order valence-electron chi connectivity index (χ0n) is 22.1. The lowest BCUT2D eigenvalue weighted by Gasteiger charge is -2.28. The molecule has 7 nitrogen and oxygen atoms in total. The Kier molecular flexibility index (Phi) is 7.35. The fraction of sp³-hybridized carbons (Fsp3) is 0.414. The molecule has 0 saturated carbocycles. The van der Waals surface area contributed by atoms with Crippen molar-refractivity contribution < 1.29 is 14.8 Å². The zero-order chi connectivity index (χ0) is 26.9. The van der Waals surface area contributed by atoms with Gasteiger partial charge in [0.1, 0.15) is 5.56 Å². The van der Waals surface area contributed by atoms with Crippen molar-refractivity contribution in [1.82, 2.24) is 9.97 Å². The molecule has 0 spiro atoms. The summed E-state index contributed by atoms with van der Waals surface area (Å²) in [6, 6.07) is 14.6. The van der Waals surface area contributed by atoms with Gasteiger partial charge in [-0.15, -0.1) is 0 Å². The average molecular weight is 490 g/mol. The van der Waals surface area contributed by atoms with E-state index in [1.165, 1.54) is 12.1 Å². The summed E-state index contributed by atoms with van der Waals surface area (Å²) in [5.74, 6) is -1.31. The van der Waals surface area contributed by atoms with Crippen molar-refractivity contribution in [2.45, 2.75) is 77.6 Å². The highest BCUT2D eigenvalue weighted by molar-refractivity contribution is 5.92. The Morgan fingerprint density at radius 2 is 1.50 bits per heavy atom. The largest absolute Gasteiger partial charge is 0.477 e. The van der Waals surface area contributed by atoms with Crippen LogP contribution in [0.15, 0.2) is 54.7 Å². The van der Waals surface area contributed by atoms with Gasteiger partial charge in [0.25, 0.3) is 5.69 Å². The fourth-order valence-corrected chi connectivity index (χ4v) is 4.39. The maximum atomic E-state index is 11.6. The van der Waals surface area contributed by atoms with Crippen LogP contribution >= 0.6 is 0 Å². The van der Waals surface area contributed by atoms with Crippen LogP contribution in [0.5, 0.6) is 0 Å². The number of aromatic nitrogens is 2. The van der Waals surface area contributed by atoms with E-state index in [-0.39, 0.29) is 16.4 Å². The van der Waals surface area contributed by atoms with Crippen LogP contribution in [0.3, 0.4) is 0 Å². The second-order valence-corrected chi connectivity index (χ2v) is 11.7. The van der Waals surface area contributed by atoms with Gasteiger partial charge < -0.3 is 5.11 Å². The molecule has 0 fully saturated rings. The number of hydrogen-bond donors (Lipinski definition) is 1. The van der Waals surface area contributed by atoms with Crippen LogP contribution in [-0.4, -0.2) is 26.0 Å². The molecule has 0 unspecified atom stereocenters. The maximum Gasteiger partial charge on any atom is 0.342 e. The first-order valence-corrected chi connectivity index (χ1v) is 12.0. The van der Waals surface area contributed by atoms with Gasteiger partial charge in [0.2, 0.25) is 0 Å². The minimum absolute atomic E-state index is 0.0199. The van der Waals surface area contributed by atoms with Gasteiger partial charge in [-0.1, -0.05) is 60.6 Å². The predicted molar refractivity (Wildman–Crippen MR) is 141 cm³/mol. The number of nitro groups is 1. The maximum absolute atomic E-state index is 11.6. The summed E-state index contributed by atoms with van der Waals surface area (Å²) < 4.78 is 0. The van der Waals surface area contributed by atoms with E-state index >= 15 is 0 Å². The SMILES string of the molecule is CC(C)(C)c1cccc(CC(C)(C)c2ccnc(CC(C)(C)c3ccc([N+](=O)[O-])c(C(=O)O)c3)c2)n1. The van der Waals surface area contributed by atoms with Crippen LogP contribution in [0.1, 0.15) is 87.0 Å². The number of nitrogens with zero attached hydrogens (tertiary/aromatic N) is 3. The molecular weight excluding hydrogens is 454 g/mol. The summed E-state index contributed by atoms with van der Waals surface area (Å²) in [6.45, 7) is 14.8. The van der Waals surface area contributed by atoms with E-state index in [9.17, 15) is 20.0 Å². The number of nitro benzene ring substituents is 1. The van der Waals surface area contributed by atoms with E-state index in [1.807, 2.05) is 19.9 Å². The highest BCUT2D eigenvalue weighted by atomic mass is 16.6. The Hall–Kier alpha value is -3.61. The highest BCUT2D eigenvalue weighted by Crippen LogP contribution is 2.33. The number of carboxylic acids is 1. The smallest absolute Gasteiger partial charge is 0.342 e. The minimum atomic E-state index is -1.31. The molecule has 0 saturated heterocycles. The van der Waals surface area contributed by atoms with Crippen molar-refractivity contribution >= 4 is 11.7 Å². The number of carbonyl (C=O) groups is 1. The summed E-state index contributed by atoms with van der Waals surface area (Å²) in [4.78, 5) is 31.7. The molecule has 36 heavy (non-hydrogen) atoms. The molecule has 0 aliphatic heterocycles. The number of pyridine rings is 2. The van der Waals surface area contributed by atoms with Crippen LogP contribution in [0.4, 0.5) is 5.69 Å². The highest BCUT2D eigenvalue weighted by Gasteiger charge is 2.29. The number of hydrogen-bond acceptors (Lipinski definition) is 5. The van der Waals surface area contributed by atoms with Gasteiger partial charge in [0.15, 0.2) is 0 Å². The first-order valence-electron chi connectivity index (χ1n) is 12.0. The third kappa shape index (κ3) is 6.14.